The van der Waals surface area contributed by atoms with Crippen molar-refractivity contribution >= 4 is 0 Å². The molecule has 0 amide bonds. The highest BCUT2D eigenvalue weighted by Gasteiger charge is 2.12. The maximum Gasteiger partial charge on any atom is 0.0837 e. The number of rotatable bonds is 7. The van der Waals surface area contributed by atoms with E-state index in [1.165, 1.54) is 0 Å². The summed E-state index contributed by atoms with van der Waals surface area (Å²) in [4.78, 5) is 0. The molecular weight excluding hydrogens is 212 g/mol. The molecule has 0 radical (unpaired) electrons. The van der Waals surface area contributed by atoms with Crippen LogP contribution in [0.1, 0.15) is 31.2 Å². The summed E-state index contributed by atoms with van der Waals surface area (Å²) in [5.74, 6) is -0.121. The molecule has 2 atom stereocenters. The topological polar surface area (TPSA) is 56.0 Å². The quantitative estimate of drug-likeness (QED) is 0.756. The Bertz CT molecular complexity index is 345. The van der Waals surface area contributed by atoms with Crippen molar-refractivity contribution in [2.24, 2.45) is 0 Å². The molecule has 0 aliphatic rings. The second-order valence-corrected chi connectivity index (χ2v) is 4.12. The summed E-state index contributed by atoms with van der Waals surface area (Å²) in [6, 6.07) is 12.4. The first-order valence-corrected chi connectivity index (χ1v) is 6.10. The highest BCUT2D eigenvalue weighted by atomic mass is 16.3. The largest absolute Gasteiger partial charge is 0.396 e. The van der Waals surface area contributed by atoms with E-state index in [9.17, 15) is 0 Å². The molecule has 0 saturated heterocycles. The van der Waals surface area contributed by atoms with Crippen LogP contribution < -0.4 is 5.32 Å². The minimum Gasteiger partial charge on any atom is -0.396 e. The molecule has 0 bridgehead atoms. The van der Waals surface area contributed by atoms with E-state index in [1.807, 2.05) is 30.3 Å². The molecule has 17 heavy (non-hydrogen) atoms. The number of aliphatic hydroxyl groups excluding tert-OH is 1. The van der Waals surface area contributed by atoms with E-state index in [2.05, 4.69) is 18.3 Å². The Morgan fingerprint density at radius 1 is 1.35 bits per heavy atom. The molecule has 0 aromatic heterocycles. The van der Waals surface area contributed by atoms with Crippen molar-refractivity contribution in [3.05, 3.63) is 35.9 Å². The molecule has 0 saturated carbocycles. The number of benzene rings is 1. The molecule has 1 rings (SSSR count). The van der Waals surface area contributed by atoms with Gasteiger partial charge in [0.05, 0.1) is 12.0 Å². The van der Waals surface area contributed by atoms with Gasteiger partial charge < -0.3 is 10.4 Å². The van der Waals surface area contributed by atoms with Crippen molar-refractivity contribution in [3.8, 4) is 6.07 Å². The van der Waals surface area contributed by atoms with Crippen molar-refractivity contribution in [2.75, 3.05) is 13.2 Å². The molecule has 1 aromatic rings. The fraction of sp³-hybridized carbons (Fsp3) is 0.500. The van der Waals surface area contributed by atoms with Crippen molar-refractivity contribution < 1.29 is 5.11 Å². The van der Waals surface area contributed by atoms with Gasteiger partial charge in [0.1, 0.15) is 0 Å². The summed E-state index contributed by atoms with van der Waals surface area (Å²) >= 11 is 0. The van der Waals surface area contributed by atoms with Gasteiger partial charge in [-0.25, -0.2) is 0 Å². The van der Waals surface area contributed by atoms with Gasteiger partial charge in [-0.2, -0.15) is 5.26 Å². The van der Waals surface area contributed by atoms with Crippen LogP contribution in [0.5, 0.6) is 0 Å². The Kier molecular flexibility index (Phi) is 6.31. The SMILES string of the molecule is CCC(CCO)NCC(C#N)c1ccccc1. The van der Waals surface area contributed by atoms with E-state index < -0.39 is 0 Å². The van der Waals surface area contributed by atoms with Crippen LogP contribution in [0.2, 0.25) is 0 Å². The van der Waals surface area contributed by atoms with Crippen LogP contribution in [0.25, 0.3) is 0 Å². The Morgan fingerprint density at radius 2 is 2.06 bits per heavy atom. The van der Waals surface area contributed by atoms with Crippen LogP contribution in [-0.4, -0.2) is 24.3 Å². The number of hydrogen-bond donors (Lipinski definition) is 2. The zero-order chi connectivity index (χ0) is 12.5. The van der Waals surface area contributed by atoms with E-state index in [0.29, 0.717) is 12.6 Å². The van der Waals surface area contributed by atoms with Gasteiger partial charge in [-0.15, -0.1) is 0 Å². The fourth-order valence-corrected chi connectivity index (χ4v) is 1.81. The highest BCUT2D eigenvalue weighted by Crippen LogP contribution is 2.13. The molecule has 0 spiro atoms. The monoisotopic (exact) mass is 232 g/mol. The Labute approximate surface area is 103 Å². The second kappa shape index (κ2) is 7.83. The number of nitrogens with one attached hydrogen (secondary N) is 1. The lowest BCUT2D eigenvalue weighted by atomic mass is 10.00. The lowest BCUT2D eigenvalue weighted by Gasteiger charge is -2.18. The zero-order valence-electron chi connectivity index (χ0n) is 10.3. The van der Waals surface area contributed by atoms with E-state index in [-0.39, 0.29) is 12.5 Å². The second-order valence-electron chi connectivity index (χ2n) is 4.12. The van der Waals surface area contributed by atoms with Gasteiger partial charge in [0.25, 0.3) is 0 Å². The van der Waals surface area contributed by atoms with Gasteiger partial charge in [0.2, 0.25) is 0 Å². The van der Waals surface area contributed by atoms with Crippen LogP contribution in [-0.2, 0) is 0 Å². The van der Waals surface area contributed by atoms with Crippen molar-refractivity contribution in [3.63, 3.8) is 0 Å². The summed E-state index contributed by atoms with van der Waals surface area (Å²) in [5, 5.41) is 21.4. The maximum atomic E-state index is 9.16. The number of nitrogens with zero attached hydrogens (tertiary/aromatic N) is 1. The lowest BCUT2D eigenvalue weighted by Crippen LogP contribution is -2.32. The van der Waals surface area contributed by atoms with E-state index in [0.717, 1.165) is 18.4 Å². The zero-order valence-corrected chi connectivity index (χ0v) is 10.3. The van der Waals surface area contributed by atoms with Crippen LogP contribution >= 0.6 is 0 Å². The molecular formula is C14H20N2O. The van der Waals surface area contributed by atoms with Crippen molar-refractivity contribution in [1.29, 1.82) is 5.26 Å². The van der Waals surface area contributed by atoms with Crippen molar-refractivity contribution in [1.82, 2.24) is 5.32 Å². The Morgan fingerprint density at radius 3 is 2.59 bits per heavy atom. The molecule has 0 aliphatic heterocycles. The highest BCUT2D eigenvalue weighted by molar-refractivity contribution is 5.25. The molecule has 92 valence electrons. The Balaban J connectivity index is 2.51. The average molecular weight is 232 g/mol. The van der Waals surface area contributed by atoms with E-state index in [4.69, 9.17) is 10.4 Å². The molecule has 3 nitrogen and oxygen atoms in total. The number of nitriles is 1. The summed E-state index contributed by atoms with van der Waals surface area (Å²) in [6.07, 6.45) is 1.71. The third-order valence-corrected chi connectivity index (χ3v) is 2.94. The standard InChI is InChI=1S/C14H20N2O/c1-2-14(8-9-17)16-11-13(10-15)12-6-4-3-5-7-12/h3-7,13-14,16-17H,2,8-9,11H2,1H3. The van der Waals surface area contributed by atoms with E-state index >= 15 is 0 Å². The minimum atomic E-state index is -0.121. The first-order valence-electron chi connectivity index (χ1n) is 6.10. The van der Waals surface area contributed by atoms with Gasteiger partial charge in [-0.1, -0.05) is 37.3 Å². The smallest absolute Gasteiger partial charge is 0.0837 e. The predicted octanol–water partition coefficient (Wildman–Crippen LogP) is 2.04. The third-order valence-electron chi connectivity index (χ3n) is 2.94. The van der Waals surface area contributed by atoms with Gasteiger partial charge in [-0.3, -0.25) is 0 Å². The summed E-state index contributed by atoms with van der Waals surface area (Å²) in [6.45, 7) is 2.91. The maximum absolute atomic E-state index is 9.16. The molecule has 1 aromatic carbocycles. The average Bonchev–Trinajstić information content (AvgIpc) is 2.39. The first kappa shape index (κ1) is 13.7. The lowest BCUT2D eigenvalue weighted by molar-refractivity contribution is 0.262. The van der Waals surface area contributed by atoms with Gasteiger partial charge in [0.15, 0.2) is 0 Å². The van der Waals surface area contributed by atoms with Crippen LogP contribution in [0.4, 0.5) is 0 Å². The summed E-state index contributed by atoms with van der Waals surface area (Å²) in [7, 11) is 0. The van der Waals surface area contributed by atoms with Gasteiger partial charge in [0, 0.05) is 19.2 Å². The molecule has 2 unspecified atom stereocenters. The molecule has 0 heterocycles. The molecule has 0 aliphatic carbocycles. The molecule has 3 heteroatoms. The van der Waals surface area contributed by atoms with Gasteiger partial charge in [-0.05, 0) is 18.4 Å². The Hall–Kier alpha value is -1.37. The fourth-order valence-electron chi connectivity index (χ4n) is 1.81. The minimum absolute atomic E-state index is 0.121. The van der Waals surface area contributed by atoms with Gasteiger partial charge >= 0.3 is 0 Å². The van der Waals surface area contributed by atoms with Crippen LogP contribution in [0, 0.1) is 11.3 Å². The first-order chi connectivity index (χ1) is 8.31. The summed E-state index contributed by atoms with van der Waals surface area (Å²) < 4.78 is 0. The van der Waals surface area contributed by atoms with Crippen LogP contribution in [0.3, 0.4) is 0 Å². The number of hydrogen-bond acceptors (Lipinski definition) is 3. The van der Waals surface area contributed by atoms with E-state index in [1.54, 1.807) is 0 Å². The molecule has 2 N–H and O–H groups in total. The third kappa shape index (κ3) is 4.56. The number of aliphatic hydroxyl groups is 1. The molecule has 0 fully saturated rings. The normalized spacial score (nSPS) is 13.9. The van der Waals surface area contributed by atoms with Crippen molar-refractivity contribution in [2.45, 2.75) is 31.7 Å². The van der Waals surface area contributed by atoms with Crippen LogP contribution in [0.15, 0.2) is 30.3 Å². The predicted molar refractivity (Wildman–Crippen MR) is 68.6 cm³/mol. The summed E-state index contributed by atoms with van der Waals surface area (Å²) in [5.41, 5.74) is 1.04.